The number of hydrogen-bond acceptors (Lipinski definition) is 5. The Morgan fingerprint density at radius 2 is 2.08 bits per heavy atom. The van der Waals surface area contributed by atoms with Gasteiger partial charge in [-0.2, -0.15) is 5.10 Å². The van der Waals surface area contributed by atoms with Crippen molar-refractivity contribution in [1.82, 2.24) is 9.55 Å². The first kappa shape index (κ1) is 16.1. The zero-order valence-corrected chi connectivity index (χ0v) is 14.4. The number of aromatic hydroxyl groups is 1. The SMILES string of the molecule is COc1cc(Br)cc(C=NNc2ccc(-n3ccnc3)cc2)c1O. The second-order valence-corrected chi connectivity index (χ2v) is 5.85. The quantitative estimate of drug-likeness (QED) is 0.516. The van der Waals surface area contributed by atoms with Gasteiger partial charge in [-0.3, -0.25) is 5.43 Å². The van der Waals surface area contributed by atoms with Crippen molar-refractivity contribution in [3.05, 3.63) is 65.2 Å². The van der Waals surface area contributed by atoms with E-state index in [9.17, 15) is 5.11 Å². The Morgan fingerprint density at radius 3 is 2.75 bits per heavy atom. The normalized spacial score (nSPS) is 10.9. The van der Waals surface area contributed by atoms with Gasteiger partial charge in [0.05, 0.1) is 25.3 Å². The van der Waals surface area contributed by atoms with Gasteiger partial charge in [0.1, 0.15) is 0 Å². The molecule has 6 nitrogen and oxygen atoms in total. The van der Waals surface area contributed by atoms with Gasteiger partial charge in [-0.1, -0.05) is 15.9 Å². The molecule has 0 radical (unpaired) electrons. The zero-order chi connectivity index (χ0) is 16.9. The Hall–Kier alpha value is -2.80. The van der Waals surface area contributed by atoms with Crippen molar-refractivity contribution >= 4 is 27.8 Å². The van der Waals surface area contributed by atoms with E-state index in [1.807, 2.05) is 35.0 Å². The van der Waals surface area contributed by atoms with Gasteiger partial charge < -0.3 is 14.4 Å². The van der Waals surface area contributed by atoms with E-state index in [4.69, 9.17) is 4.74 Å². The Balaban J connectivity index is 1.72. The minimum Gasteiger partial charge on any atom is -0.504 e. The summed E-state index contributed by atoms with van der Waals surface area (Å²) in [5.41, 5.74) is 5.31. The molecule has 0 aliphatic heterocycles. The van der Waals surface area contributed by atoms with Crippen LogP contribution >= 0.6 is 15.9 Å². The molecule has 0 atom stereocenters. The molecule has 3 rings (SSSR count). The highest BCUT2D eigenvalue weighted by Crippen LogP contribution is 2.32. The summed E-state index contributed by atoms with van der Waals surface area (Å²) in [6.07, 6.45) is 6.88. The number of nitrogens with one attached hydrogen (secondary N) is 1. The van der Waals surface area contributed by atoms with Gasteiger partial charge in [-0.25, -0.2) is 4.98 Å². The number of phenols is 1. The van der Waals surface area contributed by atoms with Crippen LogP contribution in [-0.4, -0.2) is 28.0 Å². The molecule has 0 aliphatic carbocycles. The number of ether oxygens (including phenoxy) is 1. The van der Waals surface area contributed by atoms with Crippen LogP contribution in [0.25, 0.3) is 5.69 Å². The van der Waals surface area contributed by atoms with Gasteiger partial charge in [0, 0.05) is 28.1 Å². The number of halogens is 1. The van der Waals surface area contributed by atoms with Crippen molar-refractivity contribution in [2.45, 2.75) is 0 Å². The standard InChI is InChI=1S/C17H15BrN4O2/c1-24-16-9-13(18)8-12(17(16)23)10-20-21-14-2-4-15(5-3-14)22-7-6-19-11-22/h2-11,21,23H,1H3. The second-order valence-electron chi connectivity index (χ2n) is 4.93. The second kappa shape index (κ2) is 7.18. The largest absolute Gasteiger partial charge is 0.504 e. The number of methoxy groups -OCH3 is 1. The lowest BCUT2D eigenvalue weighted by Gasteiger charge is -2.07. The molecule has 122 valence electrons. The molecule has 7 heteroatoms. The summed E-state index contributed by atoms with van der Waals surface area (Å²) >= 11 is 3.37. The highest BCUT2D eigenvalue weighted by Gasteiger charge is 2.07. The number of aromatic nitrogens is 2. The molecule has 0 saturated heterocycles. The maximum Gasteiger partial charge on any atom is 0.166 e. The van der Waals surface area contributed by atoms with E-state index in [2.05, 4.69) is 31.4 Å². The fraction of sp³-hybridized carbons (Fsp3) is 0.0588. The van der Waals surface area contributed by atoms with Crippen LogP contribution in [0, 0.1) is 0 Å². The minimum absolute atomic E-state index is 0.0432. The topological polar surface area (TPSA) is 71.7 Å². The molecule has 1 aromatic heterocycles. The van der Waals surface area contributed by atoms with Gasteiger partial charge in [0.2, 0.25) is 0 Å². The fourth-order valence-electron chi connectivity index (χ4n) is 2.14. The summed E-state index contributed by atoms with van der Waals surface area (Å²) in [6, 6.07) is 11.2. The molecule has 2 aromatic carbocycles. The van der Waals surface area contributed by atoms with Crippen LogP contribution in [0.5, 0.6) is 11.5 Å². The average molecular weight is 387 g/mol. The van der Waals surface area contributed by atoms with Gasteiger partial charge in [0.15, 0.2) is 11.5 Å². The van der Waals surface area contributed by atoms with Gasteiger partial charge >= 0.3 is 0 Å². The Bertz CT molecular complexity index is 846. The predicted molar refractivity (Wildman–Crippen MR) is 97.1 cm³/mol. The molecule has 0 spiro atoms. The van der Waals surface area contributed by atoms with Crippen molar-refractivity contribution in [1.29, 1.82) is 0 Å². The van der Waals surface area contributed by atoms with Gasteiger partial charge in [-0.15, -0.1) is 0 Å². The number of imidazole rings is 1. The molecule has 0 aliphatic rings. The molecule has 2 N–H and O–H groups in total. The molecule has 0 fully saturated rings. The van der Waals surface area contributed by atoms with Crippen molar-refractivity contribution in [2.24, 2.45) is 5.10 Å². The Labute approximate surface area is 147 Å². The molecule has 0 amide bonds. The highest BCUT2D eigenvalue weighted by molar-refractivity contribution is 9.10. The van der Waals surface area contributed by atoms with Gasteiger partial charge in [0.25, 0.3) is 0 Å². The minimum atomic E-state index is 0.0432. The third-order valence-electron chi connectivity index (χ3n) is 3.36. The summed E-state index contributed by atoms with van der Waals surface area (Å²) < 4.78 is 7.82. The molecule has 1 heterocycles. The van der Waals surface area contributed by atoms with Crippen LogP contribution in [0.4, 0.5) is 5.69 Å². The number of rotatable bonds is 5. The van der Waals surface area contributed by atoms with E-state index in [0.717, 1.165) is 15.8 Å². The van der Waals surface area contributed by atoms with Crippen LogP contribution < -0.4 is 10.2 Å². The van der Waals surface area contributed by atoms with E-state index >= 15 is 0 Å². The molecule has 0 unspecified atom stereocenters. The van der Waals surface area contributed by atoms with Crippen molar-refractivity contribution in [3.8, 4) is 17.2 Å². The Kier molecular flexibility index (Phi) is 4.81. The first-order valence-electron chi connectivity index (χ1n) is 7.11. The first-order valence-corrected chi connectivity index (χ1v) is 7.90. The van der Waals surface area contributed by atoms with E-state index in [1.54, 1.807) is 24.7 Å². The molecule has 24 heavy (non-hydrogen) atoms. The van der Waals surface area contributed by atoms with Crippen LogP contribution in [0.3, 0.4) is 0 Å². The number of nitrogens with zero attached hydrogens (tertiary/aromatic N) is 3. The van der Waals surface area contributed by atoms with E-state index in [-0.39, 0.29) is 5.75 Å². The molecular weight excluding hydrogens is 372 g/mol. The maximum atomic E-state index is 10.1. The molecule has 3 aromatic rings. The maximum absolute atomic E-state index is 10.1. The first-order chi connectivity index (χ1) is 11.7. The van der Waals surface area contributed by atoms with Crippen LogP contribution in [0.1, 0.15) is 5.56 Å². The number of phenolic OH excluding ortho intramolecular Hbond substituents is 1. The van der Waals surface area contributed by atoms with Crippen molar-refractivity contribution in [3.63, 3.8) is 0 Å². The summed E-state index contributed by atoms with van der Waals surface area (Å²) in [6.45, 7) is 0. The molecular formula is C17H15BrN4O2. The number of hydrogen-bond donors (Lipinski definition) is 2. The van der Waals surface area contributed by atoms with Crippen LogP contribution in [0.15, 0.2) is 64.7 Å². The lowest BCUT2D eigenvalue weighted by atomic mass is 10.2. The fourth-order valence-corrected chi connectivity index (χ4v) is 2.60. The highest BCUT2D eigenvalue weighted by atomic mass is 79.9. The van der Waals surface area contributed by atoms with E-state index in [1.165, 1.54) is 13.3 Å². The monoisotopic (exact) mass is 386 g/mol. The molecule has 0 saturated carbocycles. The third-order valence-corrected chi connectivity index (χ3v) is 3.81. The smallest absolute Gasteiger partial charge is 0.166 e. The summed E-state index contributed by atoms with van der Waals surface area (Å²) in [7, 11) is 1.50. The Morgan fingerprint density at radius 1 is 1.29 bits per heavy atom. The van der Waals surface area contributed by atoms with Crippen LogP contribution in [0.2, 0.25) is 0 Å². The zero-order valence-electron chi connectivity index (χ0n) is 12.8. The molecule has 0 bridgehead atoms. The van der Waals surface area contributed by atoms with Crippen molar-refractivity contribution < 1.29 is 9.84 Å². The lowest BCUT2D eigenvalue weighted by molar-refractivity contribution is 0.373. The number of hydrazone groups is 1. The van der Waals surface area contributed by atoms with E-state index in [0.29, 0.717) is 11.3 Å². The lowest BCUT2D eigenvalue weighted by Crippen LogP contribution is -1.94. The number of anilines is 1. The average Bonchev–Trinajstić information content (AvgIpc) is 3.13. The predicted octanol–water partition coefficient (Wildman–Crippen LogP) is 3.80. The summed E-state index contributed by atoms with van der Waals surface area (Å²) in [4.78, 5) is 4.02. The summed E-state index contributed by atoms with van der Waals surface area (Å²) in [5, 5.41) is 14.2. The number of benzene rings is 2. The summed E-state index contributed by atoms with van der Waals surface area (Å²) in [5.74, 6) is 0.428. The van der Waals surface area contributed by atoms with Crippen molar-refractivity contribution in [2.75, 3.05) is 12.5 Å². The van der Waals surface area contributed by atoms with E-state index < -0.39 is 0 Å². The van der Waals surface area contributed by atoms with Crippen LogP contribution in [-0.2, 0) is 0 Å². The third kappa shape index (κ3) is 3.57. The van der Waals surface area contributed by atoms with Gasteiger partial charge in [-0.05, 0) is 36.4 Å².